The number of hydrogen-bond donors (Lipinski definition) is 5. The van der Waals surface area contributed by atoms with E-state index in [0.717, 1.165) is 18.4 Å². The van der Waals surface area contributed by atoms with Crippen LogP contribution in [-0.2, 0) is 30.4 Å². The van der Waals surface area contributed by atoms with Crippen LogP contribution in [0.4, 0.5) is 0 Å². The molecule has 6 N–H and O–H groups in total. The molecule has 41 heavy (non-hydrogen) atoms. The zero-order valence-electron chi connectivity index (χ0n) is 24.4. The first-order valence-electron chi connectivity index (χ1n) is 14.4. The van der Waals surface area contributed by atoms with E-state index in [-0.39, 0.29) is 48.7 Å². The summed E-state index contributed by atoms with van der Waals surface area (Å²) in [5.74, 6) is -1.35. The number of hydrogen-bond acceptors (Lipinski definition) is 7. The van der Waals surface area contributed by atoms with Gasteiger partial charge in [-0.2, -0.15) is 0 Å². The average molecular weight is 572 g/mol. The lowest BCUT2D eigenvalue weighted by Gasteiger charge is -2.54. The van der Waals surface area contributed by atoms with Gasteiger partial charge in [-0.15, -0.1) is 0 Å². The van der Waals surface area contributed by atoms with Gasteiger partial charge in [0.2, 0.25) is 29.5 Å². The number of nitrogens with two attached hydrogens (primary N) is 1. The van der Waals surface area contributed by atoms with Crippen LogP contribution in [0.5, 0.6) is 0 Å². The molecule has 12 heteroatoms. The van der Waals surface area contributed by atoms with E-state index in [4.69, 9.17) is 5.73 Å². The van der Waals surface area contributed by atoms with Gasteiger partial charge in [-0.1, -0.05) is 44.2 Å². The van der Waals surface area contributed by atoms with Crippen LogP contribution in [0.15, 0.2) is 30.3 Å². The smallest absolute Gasteiger partial charge is 0.243 e. The Labute approximate surface area is 242 Å². The number of benzene rings is 1. The molecule has 0 aliphatic carbocycles. The Morgan fingerprint density at radius 2 is 1.49 bits per heavy atom. The minimum Gasteiger partial charge on any atom is -0.346 e. The van der Waals surface area contributed by atoms with E-state index in [1.165, 1.54) is 0 Å². The van der Waals surface area contributed by atoms with Crippen molar-refractivity contribution in [1.29, 1.82) is 0 Å². The van der Waals surface area contributed by atoms with Crippen LogP contribution in [0, 0.1) is 11.3 Å². The van der Waals surface area contributed by atoms with Crippen LogP contribution in [0.25, 0.3) is 0 Å². The monoisotopic (exact) mass is 571 g/mol. The molecule has 2 atom stereocenters. The van der Waals surface area contributed by atoms with Crippen molar-refractivity contribution in [2.24, 2.45) is 17.1 Å². The van der Waals surface area contributed by atoms with E-state index in [9.17, 15) is 24.0 Å². The molecule has 2 aliphatic rings. The molecule has 1 aromatic rings. The van der Waals surface area contributed by atoms with Crippen LogP contribution >= 0.6 is 0 Å². The Balaban J connectivity index is 1.42. The van der Waals surface area contributed by atoms with Crippen molar-refractivity contribution in [2.45, 2.75) is 51.6 Å². The largest absolute Gasteiger partial charge is 0.346 e. The van der Waals surface area contributed by atoms with Gasteiger partial charge in [0.1, 0.15) is 6.04 Å². The van der Waals surface area contributed by atoms with Gasteiger partial charge in [-0.05, 0) is 44.2 Å². The van der Waals surface area contributed by atoms with Crippen molar-refractivity contribution < 1.29 is 24.0 Å². The molecule has 12 nitrogen and oxygen atoms in total. The highest BCUT2D eigenvalue weighted by atomic mass is 16.2. The van der Waals surface area contributed by atoms with E-state index in [2.05, 4.69) is 21.3 Å². The summed E-state index contributed by atoms with van der Waals surface area (Å²) in [6.45, 7) is 5.97. The average Bonchev–Trinajstić information content (AvgIpc) is 2.95. The summed E-state index contributed by atoms with van der Waals surface area (Å²) in [6, 6.07) is 8.23. The second kappa shape index (κ2) is 14.9. The predicted octanol–water partition coefficient (Wildman–Crippen LogP) is -1.01. The molecule has 3 rings (SSSR count). The molecule has 5 amide bonds. The molecule has 2 heterocycles. The maximum atomic E-state index is 12.9. The highest BCUT2D eigenvalue weighted by Gasteiger charge is 2.47. The van der Waals surface area contributed by atoms with Crippen molar-refractivity contribution >= 4 is 29.5 Å². The zero-order chi connectivity index (χ0) is 30.0. The SMILES string of the molecule is CNC(Cc1ccccc1)C(=O)NCC(=O)NC(CC(C)C)C(=O)NCC(=O)N1CC2(CCN(C(=O)CN)CC2)C1. The molecule has 0 bridgehead atoms. The number of likely N-dealkylation sites (tertiary alicyclic amines) is 2. The van der Waals surface area contributed by atoms with Gasteiger partial charge >= 0.3 is 0 Å². The van der Waals surface area contributed by atoms with E-state index in [1.807, 2.05) is 44.2 Å². The van der Waals surface area contributed by atoms with Crippen LogP contribution in [-0.4, -0.2) is 104 Å². The van der Waals surface area contributed by atoms with Crippen molar-refractivity contribution in [3.8, 4) is 0 Å². The van der Waals surface area contributed by atoms with Crippen molar-refractivity contribution in [3.05, 3.63) is 35.9 Å². The van der Waals surface area contributed by atoms with Crippen LogP contribution in [0.2, 0.25) is 0 Å². The Morgan fingerprint density at radius 1 is 0.878 bits per heavy atom. The standard InChI is InChI=1S/C29H45N7O5/c1-20(2)13-23(34-24(37)16-32-27(40)22(31-3)14-21-7-5-4-6-8-21)28(41)33-17-26(39)36-18-29(19-36)9-11-35(12-10-29)25(38)15-30/h4-8,20,22-23,31H,9-19,30H2,1-3H3,(H,32,40)(H,33,41)(H,34,37). The summed E-state index contributed by atoms with van der Waals surface area (Å²) in [7, 11) is 1.69. The molecule has 1 spiro atoms. The molecule has 0 radical (unpaired) electrons. The van der Waals surface area contributed by atoms with E-state index >= 15 is 0 Å². The van der Waals surface area contributed by atoms with Gasteiger partial charge in [-0.25, -0.2) is 0 Å². The number of nitrogens with zero attached hydrogens (tertiary/aromatic N) is 2. The topological polar surface area (TPSA) is 166 Å². The quantitative estimate of drug-likeness (QED) is 0.202. The van der Waals surface area contributed by atoms with Gasteiger partial charge in [0.25, 0.3) is 0 Å². The lowest BCUT2D eigenvalue weighted by molar-refractivity contribution is -0.149. The highest BCUT2D eigenvalue weighted by molar-refractivity contribution is 5.92. The van der Waals surface area contributed by atoms with Gasteiger partial charge < -0.3 is 36.8 Å². The Hall–Kier alpha value is -3.51. The first-order valence-corrected chi connectivity index (χ1v) is 14.4. The number of amides is 5. The first kappa shape index (κ1) is 32.0. The summed E-state index contributed by atoms with van der Waals surface area (Å²) < 4.78 is 0. The van der Waals surface area contributed by atoms with Crippen LogP contribution < -0.4 is 27.0 Å². The van der Waals surface area contributed by atoms with Crippen LogP contribution in [0.3, 0.4) is 0 Å². The molecule has 1 aromatic carbocycles. The maximum absolute atomic E-state index is 12.9. The molecule has 2 aliphatic heterocycles. The second-order valence-corrected chi connectivity index (χ2v) is 11.6. The minimum atomic E-state index is -0.830. The molecule has 2 saturated heterocycles. The first-order chi connectivity index (χ1) is 19.6. The van der Waals surface area contributed by atoms with E-state index < -0.39 is 23.9 Å². The van der Waals surface area contributed by atoms with E-state index in [0.29, 0.717) is 39.0 Å². The van der Waals surface area contributed by atoms with E-state index in [1.54, 1.807) is 16.8 Å². The summed E-state index contributed by atoms with van der Waals surface area (Å²) in [6.07, 6.45) is 2.52. The number of carbonyl (C=O) groups excluding carboxylic acids is 5. The lowest BCUT2D eigenvalue weighted by atomic mass is 9.72. The summed E-state index contributed by atoms with van der Waals surface area (Å²) in [5.41, 5.74) is 6.47. The maximum Gasteiger partial charge on any atom is 0.243 e. The summed E-state index contributed by atoms with van der Waals surface area (Å²) in [4.78, 5) is 66.2. The Morgan fingerprint density at radius 3 is 2.07 bits per heavy atom. The zero-order valence-corrected chi connectivity index (χ0v) is 24.4. The van der Waals surface area contributed by atoms with Crippen molar-refractivity contribution in [1.82, 2.24) is 31.1 Å². The fourth-order valence-corrected chi connectivity index (χ4v) is 5.43. The number of likely N-dealkylation sites (N-methyl/N-ethyl adjacent to an activating group) is 1. The number of carbonyl (C=O) groups is 5. The number of rotatable bonds is 13. The third-order valence-corrected chi connectivity index (χ3v) is 7.90. The lowest BCUT2D eigenvalue weighted by Crippen LogP contribution is -2.63. The molecular formula is C29H45N7O5. The molecule has 0 saturated carbocycles. The van der Waals surface area contributed by atoms with Crippen LogP contribution in [0.1, 0.15) is 38.7 Å². The fourth-order valence-electron chi connectivity index (χ4n) is 5.43. The van der Waals surface area contributed by atoms with Crippen molar-refractivity contribution in [3.63, 3.8) is 0 Å². The third-order valence-electron chi connectivity index (χ3n) is 7.90. The fraction of sp³-hybridized carbons (Fsp3) is 0.621. The number of piperidine rings is 1. The molecule has 226 valence electrons. The number of nitrogens with one attached hydrogen (secondary N) is 4. The van der Waals surface area contributed by atoms with Gasteiger partial charge in [0.15, 0.2) is 0 Å². The third kappa shape index (κ3) is 9.25. The molecular weight excluding hydrogens is 526 g/mol. The second-order valence-electron chi connectivity index (χ2n) is 11.6. The Kier molecular flexibility index (Phi) is 11.7. The molecule has 0 aromatic heterocycles. The highest BCUT2D eigenvalue weighted by Crippen LogP contribution is 2.40. The van der Waals surface area contributed by atoms with Gasteiger partial charge in [-0.3, -0.25) is 24.0 Å². The predicted molar refractivity (Wildman–Crippen MR) is 154 cm³/mol. The van der Waals surface area contributed by atoms with Gasteiger partial charge in [0, 0.05) is 31.6 Å². The summed E-state index contributed by atoms with van der Waals surface area (Å²) in [5, 5.41) is 11.0. The summed E-state index contributed by atoms with van der Waals surface area (Å²) >= 11 is 0. The normalized spacial score (nSPS) is 17.4. The Bertz CT molecular complexity index is 1060. The molecule has 2 unspecified atom stereocenters. The van der Waals surface area contributed by atoms with Gasteiger partial charge in [0.05, 0.1) is 25.7 Å². The van der Waals surface area contributed by atoms with Crippen molar-refractivity contribution in [2.75, 3.05) is 52.9 Å². The molecule has 2 fully saturated rings. The minimum absolute atomic E-state index is 0.00968.